The third-order valence-electron chi connectivity index (χ3n) is 2.81. The molecule has 0 amide bonds. The predicted molar refractivity (Wildman–Crippen MR) is 71.0 cm³/mol. The largest absolute Gasteiger partial charge is 0.497 e. The molecular weight excluding hydrogens is 240 g/mol. The van der Waals surface area contributed by atoms with Crippen molar-refractivity contribution in [2.45, 2.75) is 29.9 Å². The summed E-state index contributed by atoms with van der Waals surface area (Å²) < 4.78 is 5.05. The molecule has 88 valence electrons. The average Bonchev–Trinajstić information content (AvgIpc) is 2.55. The molecule has 1 N–H and O–H groups in total. The first-order chi connectivity index (χ1) is 7.54. The van der Waals surface area contributed by atoms with Crippen molar-refractivity contribution in [1.29, 1.82) is 0 Å². The Morgan fingerprint density at radius 1 is 1.25 bits per heavy atom. The lowest BCUT2D eigenvalue weighted by molar-refractivity contribution is 0.143. The molecule has 16 heavy (non-hydrogen) atoms. The summed E-state index contributed by atoms with van der Waals surface area (Å²) in [6, 6.07) is 7.94. The maximum atomic E-state index is 10.2. The Hall–Kier alpha value is -0.320. The van der Waals surface area contributed by atoms with Gasteiger partial charge in [-0.1, -0.05) is 33.7 Å². The first kappa shape index (κ1) is 12.1. The maximum Gasteiger partial charge on any atom is 0.118 e. The highest BCUT2D eigenvalue weighted by Crippen LogP contribution is 2.57. The summed E-state index contributed by atoms with van der Waals surface area (Å²) in [6.45, 7) is 4.16. The number of rotatable bonds is 2. The molecule has 0 radical (unpaired) electrons. The van der Waals surface area contributed by atoms with Crippen LogP contribution in [0.3, 0.4) is 0 Å². The molecule has 1 aromatic carbocycles. The van der Waals surface area contributed by atoms with Gasteiger partial charge in [0.05, 0.1) is 18.5 Å². The summed E-state index contributed by atoms with van der Waals surface area (Å²) >= 11 is 0. The monoisotopic (exact) mass is 256 g/mol. The molecule has 0 spiro atoms. The van der Waals surface area contributed by atoms with Crippen LogP contribution in [0.1, 0.15) is 24.7 Å². The zero-order valence-electron chi connectivity index (χ0n) is 9.64. The number of aliphatic hydroxyl groups is 1. The predicted octanol–water partition coefficient (Wildman–Crippen LogP) is 3.27. The summed E-state index contributed by atoms with van der Waals surface area (Å²) in [5, 5.41) is 10.4. The van der Waals surface area contributed by atoms with Gasteiger partial charge in [0.2, 0.25) is 0 Å². The van der Waals surface area contributed by atoms with E-state index in [4.69, 9.17) is 4.74 Å². The molecule has 2 atom stereocenters. The molecular formula is C12H16O2S2. The molecule has 0 aromatic heterocycles. The van der Waals surface area contributed by atoms with Crippen molar-refractivity contribution in [3.8, 4) is 5.75 Å². The molecule has 1 aromatic rings. The summed E-state index contributed by atoms with van der Waals surface area (Å²) in [7, 11) is 5.17. The van der Waals surface area contributed by atoms with E-state index in [1.54, 1.807) is 28.7 Å². The normalized spacial score (nSPS) is 28.0. The zero-order valence-corrected chi connectivity index (χ0v) is 11.3. The van der Waals surface area contributed by atoms with Crippen LogP contribution in [0.5, 0.6) is 5.75 Å². The maximum absolute atomic E-state index is 10.2. The van der Waals surface area contributed by atoms with Crippen LogP contribution in [0, 0.1) is 0 Å². The molecule has 1 aliphatic rings. The fourth-order valence-corrected chi connectivity index (χ4v) is 5.06. The second-order valence-electron chi connectivity index (χ2n) is 4.42. The molecule has 0 saturated carbocycles. The molecule has 1 heterocycles. The van der Waals surface area contributed by atoms with Crippen LogP contribution < -0.4 is 4.74 Å². The van der Waals surface area contributed by atoms with E-state index < -0.39 is 0 Å². The highest BCUT2D eigenvalue weighted by atomic mass is 33.1. The van der Waals surface area contributed by atoms with Crippen LogP contribution in [0.25, 0.3) is 0 Å². The molecule has 1 saturated heterocycles. The molecule has 2 nitrogen and oxygen atoms in total. The lowest BCUT2D eigenvalue weighted by atomic mass is 9.98. The standard InChI is InChI=1S/C12H16O2S2/c1-12(2)11(13)10(15-16-12)8-4-6-9(14-3)7-5-8/h4-7,10-11,13H,1-3H3/t10-,11+/m1/s1. The van der Waals surface area contributed by atoms with E-state index in [1.165, 1.54) is 0 Å². The minimum absolute atomic E-state index is 0.0741. The van der Waals surface area contributed by atoms with Gasteiger partial charge in [-0.05, 0) is 31.5 Å². The van der Waals surface area contributed by atoms with Crippen LogP contribution >= 0.6 is 21.6 Å². The number of ether oxygens (including phenoxy) is 1. The molecule has 1 aliphatic heterocycles. The SMILES string of the molecule is COc1ccc([C@H]2SSC(C)(C)[C@H]2O)cc1. The van der Waals surface area contributed by atoms with Crippen LogP contribution in [-0.4, -0.2) is 23.1 Å². The lowest BCUT2D eigenvalue weighted by Gasteiger charge is -2.23. The third kappa shape index (κ3) is 2.19. The van der Waals surface area contributed by atoms with Gasteiger partial charge in [0, 0.05) is 4.75 Å². The van der Waals surface area contributed by atoms with E-state index in [1.807, 2.05) is 24.3 Å². The van der Waals surface area contributed by atoms with Crippen LogP contribution in [0.15, 0.2) is 24.3 Å². The second kappa shape index (κ2) is 4.51. The Morgan fingerprint density at radius 2 is 1.88 bits per heavy atom. The van der Waals surface area contributed by atoms with Gasteiger partial charge in [-0.25, -0.2) is 0 Å². The van der Waals surface area contributed by atoms with E-state index >= 15 is 0 Å². The number of hydrogen-bond donors (Lipinski definition) is 1. The molecule has 0 bridgehead atoms. The van der Waals surface area contributed by atoms with Crippen molar-refractivity contribution in [1.82, 2.24) is 0 Å². The summed E-state index contributed by atoms with van der Waals surface area (Å²) in [4.78, 5) is 0. The van der Waals surface area contributed by atoms with Crippen molar-refractivity contribution in [2.24, 2.45) is 0 Å². The van der Waals surface area contributed by atoms with Crippen molar-refractivity contribution in [2.75, 3.05) is 7.11 Å². The van der Waals surface area contributed by atoms with Gasteiger partial charge >= 0.3 is 0 Å². The first-order valence-electron chi connectivity index (χ1n) is 5.21. The quantitative estimate of drug-likeness (QED) is 0.822. The topological polar surface area (TPSA) is 29.5 Å². The highest BCUT2D eigenvalue weighted by Gasteiger charge is 2.43. The Bertz CT molecular complexity index is 362. The van der Waals surface area contributed by atoms with Crippen LogP contribution in [0.4, 0.5) is 0 Å². The van der Waals surface area contributed by atoms with Crippen molar-refractivity contribution < 1.29 is 9.84 Å². The zero-order chi connectivity index (χ0) is 11.8. The fourth-order valence-electron chi connectivity index (χ4n) is 1.67. The summed E-state index contributed by atoms with van der Waals surface area (Å²) in [6.07, 6.45) is -0.309. The average molecular weight is 256 g/mol. The summed E-state index contributed by atoms with van der Waals surface area (Å²) in [5.74, 6) is 0.855. The Kier molecular flexibility index (Phi) is 3.42. The van der Waals surface area contributed by atoms with Crippen molar-refractivity contribution >= 4 is 21.6 Å². The van der Waals surface area contributed by atoms with Gasteiger partial charge in [0.1, 0.15) is 5.75 Å². The molecule has 0 aliphatic carbocycles. The minimum Gasteiger partial charge on any atom is -0.497 e. The lowest BCUT2D eigenvalue weighted by Crippen LogP contribution is -2.31. The van der Waals surface area contributed by atoms with E-state index in [0.29, 0.717) is 0 Å². The van der Waals surface area contributed by atoms with Gasteiger partial charge < -0.3 is 9.84 Å². The van der Waals surface area contributed by atoms with Gasteiger partial charge in [-0.15, -0.1) is 0 Å². The Balaban J connectivity index is 2.19. The number of aliphatic hydroxyl groups excluding tert-OH is 1. The van der Waals surface area contributed by atoms with Crippen molar-refractivity contribution in [3.63, 3.8) is 0 Å². The van der Waals surface area contributed by atoms with Crippen LogP contribution in [0.2, 0.25) is 0 Å². The van der Waals surface area contributed by atoms with E-state index in [0.717, 1.165) is 11.3 Å². The van der Waals surface area contributed by atoms with E-state index in [-0.39, 0.29) is 16.1 Å². The second-order valence-corrected chi connectivity index (χ2v) is 7.42. The number of benzene rings is 1. The number of hydrogen-bond acceptors (Lipinski definition) is 4. The first-order valence-corrected chi connectivity index (χ1v) is 7.42. The highest BCUT2D eigenvalue weighted by molar-refractivity contribution is 8.77. The van der Waals surface area contributed by atoms with Gasteiger partial charge in [0.15, 0.2) is 0 Å². The van der Waals surface area contributed by atoms with Crippen molar-refractivity contribution in [3.05, 3.63) is 29.8 Å². The minimum atomic E-state index is -0.309. The van der Waals surface area contributed by atoms with Gasteiger partial charge in [-0.2, -0.15) is 0 Å². The molecule has 0 unspecified atom stereocenters. The van der Waals surface area contributed by atoms with E-state index in [9.17, 15) is 5.11 Å². The summed E-state index contributed by atoms with van der Waals surface area (Å²) in [5.41, 5.74) is 1.16. The van der Waals surface area contributed by atoms with E-state index in [2.05, 4.69) is 13.8 Å². The Labute approximate surface area is 104 Å². The van der Waals surface area contributed by atoms with Crippen LogP contribution in [-0.2, 0) is 0 Å². The molecule has 4 heteroatoms. The number of methoxy groups -OCH3 is 1. The smallest absolute Gasteiger partial charge is 0.118 e. The third-order valence-corrected chi connectivity index (χ3v) is 6.51. The molecule has 1 fully saturated rings. The van der Waals surface area contributed by atoms with Gasteiger partial charge in [-0.3, -0.25) is 0 Å². The van der Waals surface area contributed by atoms with Gasteiger partial charge in [0.25, 0.3) is 0 Å². The Morgan fingerprint density at radius 3 is 2.31 bits per heavy atom. The fraction of sp³-hybridized carbons (Fsp3) is 0.500. The molecule has 2 rings (SSSR count).